The van der Waals surface area contributed by atoms with E-state index < -0.39 is 0 Å². The van der Waals surface area contributed by atoms with Gasteiger partial charge in [0.15, 0.2) is 0 Å². The van der Waals surface area contributed by atoms with Crippen LogP contribution < -0.4 is 0 Å². The largest absolute Gasteiger partial charge is 0.277 e. The smallest absolute Gasteiger partial charge is 0.0942 e. The molecule has 3 rings (SSSR count). The first kappa shape index (κ1) is 12.0. The lowest BCUT2D eigenvalue weighted by Crippen LogP contribution is -1.78. The molecule has 1 aromatic carbocycles. The van der Waals surface area contributed by atoms with Gasteiger partial charge in [0.2, 0.25) is 0 Å². The van der Waals surface area contributed by atoms with Crippen LogP contribution in [0.25, 0.3) is 22.5 Å². The number of aromatic amines is 1. The van der Waals surface area contributed by atoms with Gasteiger partial charge in [-0.1, -0.05) is 12.1 Å². The minimum atomic E-state index is 0.914. The average Bonchev–Trinajstić information content (AvgIpc) is 2.98. The Morgan fingerprint density at radius 3 is 2.58 bits per heavy atom. The first-order chi connectivity index (χ1) is 9.36. The van der Waals surface area contributed by atoms with Gasteiger partial charge >= 0.3 is 0 Å². The molecule has 0 atom stereocenters. The van der Waals surface area contributed by atoms with Crippen molar-refractivity contribution in [2.75, 3.05) is 6.26 Å². The Labute approximate surface area is 116 Å². The van der Waals surface area contributed by atoms with Crippen molar-refractivity contribution in [2.24, 2.45) is 0 Å². The Morgan fingerprint density at radius 2 is 1.89 bits per heavy atom. The van der Waals surface area contributed by atoms with Crippen molar-refractivity contribution in [3.05, 3.63) is 54.9 Å². The van der Waals surface area contributed by atoms with E-state index >= 15 is 0 Å². The van der Waals surface area contributed by atoms with Gasteiger partial charge in [-0.25, -0.2) is 0 Å². The second kappa shape index (κ2) is 5.28. The number of nitrogens with zero attached hydrogens (tertiary/aromatic N) is 2. The molecule has 4 heteroatoms. The molecule has 0 amide bonds. The summed E-state index contributed by atoms with van der Waals surface area (Å²) in [6, 6.07) is 14.4. The van der Waals surface area contributed by atoms with Crippen LogP contribution in [0.4, 0.5) is 0 Å². The summed E-state index contributed by atoms with van der Waals surface area (Å²) in [6.07, 6.45) is 5.65. The summed E-state index contributed by atoms with van der Waals surface area (Å²) in [5.41, 5.74) is 4.09. The topological polar surface area (TPSA) is 41.6 Å². The fourth-order valence-corrected chi connectivity index (χ4v) is 2.31. The van der Waals surface area contributed by atoms with E-state index in [1.54, 1.807) is 18.0 Å². The van der Waals surface area contributed by atoms with Crippen molar-refractivity contribution in [2.45, 2.75) is 4.90 Å². The van der Waals surface area contributed by atoms with Crippen molar-refractivity contribution in [3.63, 3.8) is 0 Å². The lowest BCUT2D eigenvalue weighted by atomic mass is 10.1. The first-order valence-electron chi connectivity index (χ1n) is 5.97. The van der Waals surface area contributed by atoms with Gasteiger partial charge in [-0.05, 0) is 42.2 Å². The average molecular weight is 267 g/mol. The van der Waals surface area contributed by atoms with Crippen LogP contribution >= 0.6 is 11.8 Å². The van der Waals surface area contributed by atoms with Gasteiger partial charge in [0.1, 0.15) is 0 Å². The van der Waals surface area contributed by atoms with Crippen LogP contribution in [0.5, 0.6) is 0 Å². The van der Waals surface area contributed by atoms with Gasteiger partial charge in [0.25, 0.3) is 0 Å². The van der Waals surface area contributed by atoms with Crippen LogP contribution in [0.2, 0.25) is 0 Å². The summed E-state index contributed by atoms with van der Waals surface area (Å²) in [7, 11) is 0. The zero-order valence-electron chi connectivity index (χ0n) is 10.5. The van der Waals surface area contributed by atoms with E-state index in [1.165, 1.54) is 4.90 Å². The van der Waals surface area contributed by atoms with E-state index in [2.05, 4.69) is 45.7 Å². The molecule has 19 heavy (non-hydrogen) atoms. The Bertz CT molecular complexity index is 659. The highest BCUT2D eigenvalue weighted by Gasteiger charge is 2.05. The molecule has 0 aliphatic carbocycles. The van der Waals surface area contributed by atoms with Crippen molar-refractivity contribution in [1.29, 1.82) is 0 Å². The quantitative estimate of drug-likeness (QED) is 0.733. The van der Waals surface area contributed by atoms with E-state index in [9.17, 15) is 0 Å². The third-order valence-corrected chi connectivity index (χ3v) is 3.68. The zero-order valence-corrected chi connectivity index (χ0v) is 11.3. The third-order valence-electron chi connectivity index (χ3n) is 2.94. The Morgan fingerprint density at radius 1 is 1.05 bits per heavy atom. The normalized spacial score (nSPS) is 10.6. The number of aromatic nitrogens is 3. The number of nitrogens with one attached hydrogen (secondary N) is 1. The molecule has 0 saturated heterocycles. The van der Waals surface area contributed by atoms with Gasteiger partial charge in [-0.2, -0.15) is 5.10 Å². The molecule has 0 aliphatic heterocycles. The van der Waals surface area contributed by atoms with Crippen molar-refractivity contribution >= 4 is 11.8 Å². The molecule has 94 valence electrons. The number of rotatable bonds is 3. The summed E-state index contributed by atoms with van der Waals surface area (Å²) in [6.45, 7) is 0. The highest BCUT2D eigenvalue weighted by molar-refractivity contribution is 7.98. The summed E-state index contributed by atoms with van der Waals surface area (Å²) < 4.78 is 0. The van der Waals surface area contributed by atoms with E-state index in [-0.39, 0.29) is 0 Å². The van der Waals surface area contributed by atoms with Crippen LogP contribution in [0, 0.1) is 0 Å². The van der Waals surface area contributed by atoms with Gasteiger partial charge in [-0.15, -0.1) is 11.8 Å². The SMILES string of the molecule is CSc1ccc(-c2cc(-c3cccnc3)n[nH]2)cc1. The lowest BCUT2D eigenvalue weighted by molar-refractivity contribution is 1.10. The van der Waals surface area contributed by atoms with Crippen LogP contribution in [0.3, 0.4) is 0 Å². The number of hydrogen-bond acceptors (Lipinski definition) is 3. The summed E-state index contributed by atoms with van der Waals surface area (Å²) in [4.78, 5) is 5.37. The van der Waals surface area contributed by atoms with Gasteiger partial charge in [0, 0.05) is 22.9 Å². The van der Waals surface area contributed by atoms with Crippen LogP contribution in [-0.2, 0) is 0 Å². The van der Waals surface area contributed by atoms with Crippen LogP contribution in [-0.4, -0.2) is 21.4 Å². The molecule has 2 aromatic heterocycles. The number of hydrogen-bond donors (Lipinski definition) is 1. The molecule has 3 aromatic rings. The fraction of sp³-hybridized carbons (Fsp3) is 0.0667. The van der Waals surface area contributed by atoms with Crippen LogP contribution in [0.1, 0.15) is 0 Å². The molecule has 2 heterocycles. The Kier molecular flexibility index (Phi) is 3.33. The summed E-state index contributed by atoms with van der Waals surface area (Å²) in [5.74, 6) is 0. The molecule has 0 unspecified atom stereocenters. The number of pyridine rings is 1. The second-order valence-electron chi connectivity index (χ2n) is 4.14. The first-order valence-corrected chi connectivity index (χ1v) is 7.19. The highest BCUT2D eigenvalue weighted by atomic mass is 32.2. The van der Waals surface area contributed by atoms with Crippen molar-refractivity contribution in [3.8, 4) is 22.5 Å². The van der Waals surface area contributed by atoms with Crippen molar-refractivity contribution < 1.29 is 0 Å². The number of benzene rings is 1. The molecule has 0 spiro atoms. The molecule has 0 fully saturated rings. The molecular weight excluding hydrogens is 254 g/mol. The number of thioether (sulfide) groups is 1. The predicted molar refractivity (Wildman–Crippen MR) is 79.0 cm³/mol. The van der Waals surface area contributed by atoms with Crippen molar-refractivity contribution in [1.82, 2.24) is 15.2 Å². The van der Waals surface area contributed by atoms with Gasteiger partial charge < -0.3 is 0 Å². The van der Waals surface area contributed by atoms with Gasteiger partial charge in [0.05, 0.1) is 11.4 Å². The van der Waals surface area contributed by atoms with E-state index in [0.29, 0.717) is 0 Å². The Hall–Kier alpha value is -2.07. The molecule has 0 radical (unpaired) electrons. The zero-order chi connectivity index (χ0) is 13.1. The molecule has 3 nitrogen and oxygen atoms in total. The fourth-order valence-electron chi connectivity index (χ4n) is 1.90. The summed E-state index contributed by atoms with van der Waals surface area (Å²) >= 11 is 1.74. The minimum absolute atomic E-state index is 0.914. The maximum Gasteiger partial charge on any atom is 0.0942 e. The van der Waals surface area contributed by atoms with Crippen LogP contribution in [0.15, 0.2) is 59.8 Å². The van der Waals surface area contributed by atoms with E-state index in [0.717, 1.165) is 22.5 Å². The minimum Gasteiger partial charge on any atom is -0.277 e. The summed E-state index contributed by atoms with van der Waals surface area (Å²) in [5, 5.41) is 7.41. The maximum absolute atomic E-state index is 4.34. The molecule has 0 saturated carbocycles. The molecule has 0 bridgehead atoms. The molecular formula is C15H13N3S. The monoisotopic (exact) mass is 267 g/mol. The standard InChI is InChI=1S/C15H13N3S/c1-19-13-6-4-11(5-7-13)14-9-15(18-17-14)12-3-2-8-16-10-12/h2-10H,1H3,(H,17,18). The lowest BCUT2D eigenvalue weighted by Gasteiger charge is -1.99. The molecule has 1 N–H and O–H groups in total. The molecule has 0 aliphatic rings. The Balaban J connectivity index is 1.92. The second-order valence-corrected chi connectivity index (χ2v) is 5.02. The number of H-pyrrole nitrogens is 1. The predicted octanol–water partition coefficient (Wildman–Crippen LogP) is 3.86. The maximum atomic E-state index is 4.34. The highest BCUT2D eigenvalue weighted by Crippen LogP contribution is 2.25. The van der Waals surface area contributed by atoms with E-state index in [4.69, 9.17) is 0 Å². The van der Waals surface area contributed by atoms with Gasteiger partial charge in [-0.3, -0.25) is 10.1 Å². The third kappa shape index (κ3) is 2.53. The van der Waals surface area contributed by atoms with E-state index in [1.807, 2.05) is 24.4 Å².